The molecule has 3 nitrogen and oxygen atoms in total. The second-order valence-corrected chi connectivity index (χ2v) is 6.32. The summed E-state index contributed by atoms with van der Waals surface area (Å²) >= 11 is 5.33. The number of methoxy groups -OCH3 is 1. The number of nitrogens with one attached hydrogen (secondary N) is 2. The van der Waals surface area contributed by atoms with Crippen LogP contribution in [0.25, 0.3) is 0 Å². The van der Waals surface area contributed by atoms with E-state index in [1.54, 1.807) is 7.11 Å². The standard InChI is InChI=1S/C19H32N2OS/c1-3-4-5-6-7-8-9-10-13-16-20-19(23)21-17-14-11-12-15-18(17)22-2/h11-12,14-15H,3-10,13,16H2,1-2H3,(H2,20,21,23). The third-order valence-electron chi connectivity index (χ3n) is 3.92. The normalized spacial score (nSPS) is 10.3. The predicted octanol–water partition coefficient (Wildman–Crippen LogP) is 5.51. The molecule has 0 amide bonds. The summed E-state index contributed by atoms with van der Waals surface area (Å²) < 4.78 is 5.30. The van der Waals surface area contributed by atoms with Gasteiger partial charge in [-0.2, -0.15) is 0 Å². The molecule has 0 radical (unpaired) electrons. The molecule has 1 aromatic carbocycles. The van der Waals surface area contributed by atoms with Crippen molar-refractivity contribution in [3.8, 4) is 5.75 Å². The fraction of sp³-hybridized carbons (Fsp3) is 0.632. The van der Waals surface area contributed by atoms with Gasteiger partial charge in [-0.25, -0.2) is 0 Å². The highest BCUT2D eigenvalue weighted by Crippen LogP contribution is 2.22. The number of anilines is 1. The van der Waals surface area contributed by atoms with Crippen molar-refractivity contribution < 1.29 is 4.74 Å². The van der Waals surface area contributed by atoms with Gasteiger partial charge in [-0.05, 0) is 30.8 Å². The quantitative estimate of drug-likeness (QED) is 0.389. The zero-order valence-corrected chi connectivity index (χ0v) is 15.5. The predicted molar refractivity (Wildman–Crippen MR) is 104 cm³/mol. The van der Waals surface area contributed by atoms with Crippen LogP contribution >= 0.6 is 12.2 Å². The molecule has 1 rings (SSSR count). The van der Waals surface area contributed by atoms with Gasteiger partial charge in [0.25, 0.3) is 0 Å². The van der Waals surface area contributed by atoms with Gasteiger partial charge in [0.2, 0.25) is 0 Å². The Morgan fingerprint density at radius 1 is 0.957 bits per heavy atom. The van der Waals surface area contributed by atoms with Crippen molar-refractivity contribution in [3.05, 3.63) is 24.3 Å². The Kier molecular flexibility index (Phi) is 11.3. The minimum atomic E-state index is 0.661. The Labute approximate surface area is 147 Å². The van der Waals surface area contributed by atoms with E-state index in [2.05, 4.69) is 17.6 Å². The fourth-order valence-electron chi connectivity index (χ4n) is 2.55. The first-order valence-corrected chi connectivity index (χ1v) is 9.36. The van der Waals surface area contributed by atoms with E-state index in [-0.39, 0.29) is 0 Å². The highest BCUT2D eigenvalue weighted by Gasteiger charge is 2.03. The Hall–Kier alpha value is -1.29. The lowest BCUT2D eigenvalue weighted by molar-refractivity contribution is 0.417. The van der Waals surface area contributed by atoms with Crippen molar-refractivity contribution in [2.24, 2.45) is 0 Å². The van der Waals surface area contributed by atoms with Gasteiger partial charge in [0, 0.05) is 6.54 Å². The summed E-state index contributed by atoms with van der Waals surface area (Å²) in [6, 6.07) is 7.80. The summed E-state index contributed by atoms with van der Waals surface area (Å²) in [6.45, 7) is 3.19. The molecule has 1 aromatic rings. The van der Waals surface area contributed by atoms with E-state index < -0.39 is 0 Å². The molecule has 0 fully saturated rings. The Bertz CT molecular complexity index is 437. The van der Waals surface area contributed by atoms with Gasteiger partial charge in [-0.15, -0.1) is 0 Å². The number of ether oxygens (including phenoxy) is 1. The maximum atomic E-state index is 5.33. The third-order valence-corrected chi connectivity index (χ3v) is 4.17. The zero-order chi connectivity index (χ0) is 16.8. The van der Waals surface area contributed by atoms with Gasteiger partial charge in [0.15, 0.2) is 5.11 Å². The molecule has 0 unspecified atom stereocenters. The van der Waals surface area contributed by atoms with Gasteiger partial charge in [0.1, 0.15) is 5.75 Å². The second-order valence-electron chi connectivity index (χ2n) is 5.91. The monoisotopic (exact) mass is 336 g/mol. The molecule has 0 atom stereocenters. The van der Waals surface area contributed by atoms with Crippen LogP contribution < -0.4 is 15.4 Å². The summed E-state index contributed by atoms with van der Waals surface area (Å²) in [5.41, 5.74) is 0.902. The maximum Gasteiger partial charge on any atom is 0.170 e. The molecule has 0 aromatic heterocycles. The van der Waals surface area contributed by atoms with Crippen LogP contribution in [0.5, 0.6) is 5.75 Å². The van der Waals surface area contributed by atoms with Crippen molar-refractivity contribution in [1.29, 1.82) is 0 Å². The molecule has 23 heavy (non-hydrogen) atoms. The number of para-hydroxylation sites is 2. The number of rotatable bonds is 12. The van der Waals surface area contributed by atoms with Crippen LogP contribution in [0.15, 0.2) is 24.3 Å². The zero-order valence-electron chi connectivity index (χ0n) is 14.7. The van der Waals surface area contributed by atoms with Crippen LogP contribution in [0.1, 0.15) is 64.7 Å². The number of thiocarbonyl (C=S) groups is 1. The first-order chi connectivity index (χ1) is 11.3. The van der Waals surface area contributed by atoms with E-state index in [0.717, 1.165) is 18.0 Å². The highest BCUT2D eigenvalue weighted by atomic mass is 32.1. The lowest BCUT2D eigenvalue weighted by atomic mass is 10.1. The lowest BCUT2D eigenvalue weighted by Crippen LogP contribution is -2.29. The molecular formula is C19H32N2OS. The molecule has 0 spiro atoms. The summed E-state index contributed by atoms with van der Waals surface area (Å²) in [5, 5.41) is 7.11. The highest BCUT2D eigenvalue weighted by molar-refractivity contribution is 7.80. The summed E-state index contributed by atoms with van der Waals surface area (Å²) in [4.78, 5) is 0. The van der Waals surface area contributed by atoms with E-state index in [1.165, 1.54) is 57.8 Å². The van der Waals surface area contributed by atoms with Crippen LogP contribution in [-0.2, 0) is 0 Å². The first kappa shape index (κ1) is 19.8. The number of unbranched alkanes of at least 4 members (excludes halogenated alkanes) is 8. The van der Waals surface area contributed by atoms with Crippen LogP contribution in [0.3, 0.4) is 0 Å². The topological polar surface area (TPSA) is 33.3 Å². The van der Waals surface area contributed by atoms with Crippen LogP contribution in [-0.4, -0.2) is 18.8 Å². The second kappa shape index (κ2) is 13.2. The molecule has 0 aliphatic heterocycles. The maximum absolute atomic E-state index is 5.33. The lowest BCUT2D eigenvalue weighted by Gasteiger charge is -2.13. The van der Waals surface area contributed by atoms with Gasteiger partial charge in [0.05, 0.1) is 12.8 Å². The van der Waals surface area contributed by atoms with Crippen molar-refractivity contribution in [1.82, 2.24) is 5.32 Å². The molecular weight excluding hydrogens is 304 g/mol. The summed E-state index contributed by atoms with van der Waals surface area (Å²) in [5.74, 6) is 0.805. The fourth-order valence-corrected chi connectivity index (χ4v) is 2.76. The van der Waals surface area contributed by atoms with Gasteiger partial charge < -0.3 is 15.4 Å². The molecule has 0 aliphatic rings. The average Bonchev–Trinajstić information content (AvgIpc) is 2.57. The minimum Gasteiger partial charge on any atom is -0.495 e. The van der Waals surface area contributed by atoms with Gasteiger partial charge >= 0.3 is 0 Å². The van der Waals surface area contributed by atoms with E-state index in [4.69, 9.17) is 17.0 Å². The van der Waals surface area contributed by atoms with E-state index in [9.17, 15) is 0 Å². The summed E-state index contributed by atoms with van der Waals surface area (Å²) in [7, 11) is 1.67. The molecule has 2 N–H and O–H groups in total. The number of hydrogen-bond acceptors (Lipinski definition) is 2. The average molecular weight is 337 g/mol. The van der Waals surface area contributed by atoms with E-state index in [0.29, 0.717) is 5.11 Å². The van der Waals surface area contributed by atoms with E-state index in [1.807, 2.05) is 24.3 Å². The third kappa shape index (κ3) is 9.44. The molecule has 130 valence electrons. The molecule has 0 aliphatic carbocycles. The summed E-state index contributed by atoms with van der Waals surface area (Å²) in [6.07, 6.45) is 12.1. The molecule has 0 bridgehead atoms. The van der Waals surface area contributed by atoms with Crippen LogP contribution in [0.2, 0.25) is 0 Å². The Morgan fingerprint density at radius 3 is 2.22 bits per heavy atom. The number of benzene rings is 1. The first-order valence-electron chi connectivity index (χ1n) is 8.95. The van der Waals surface area contributed by atoms with Crippen LogP contribution in [0.4, 0.5) is 5.69 Å². The molecule has 4 heteroatoms. The molecule has 0 heterocycles. The Balaban J connectivity index is 2.02. The largest absolute Gasteiger partial charge is 0.495 e. The van der Waals surface area contributed by atoms with Crippen molar-refractivity contribution in [2.45, 2.75) is 64.7 Å². The Morgan fingerprint density at radius 2 is 1.57 bits per heavy atom. The van der Waals surface area contributed by atoms with Crippen molar-refractivity contribution in [2.75, 3.05) is 19.0 Å². The van der Waals surface area contributed by atoms with Gasteiger partial charge in [-0.3, -0.25) is 0 Å². The molecule has 0 saturated heterocycles. The van der Waals surface area contributed by atoms with Crippen molar-refractivity contribution >= 4 is 23.0 Å². The van der Waals surface area contributed by atoms with Crippen LogP contribution in [0, 0.1) is 0 Å². The smallest absolute Gasteiger partial charge is 0.170 e. The van der Waals surface area contributed by atoms with E-state index >= 15 is 0 Å². The van der Waals surface area contributed by atoms with Gasteiger partial charge in [-0.1, -0.05) is 70.4 Å². The number of hydrogen-bond donors (Lipinski definition) is 2. The SMILES string of the molecule is CCCCCCCCCCCNC(=S)Nc1ccccc1OC. The molecule has 0 saturated carbocycles. The minimum absolute atomic E-state index is 0.661. The van der Waals surface area contributed by atoms with Crippen molar-refractivity contribution in [3.63, 3.8) is 0 Å².